The molecule has 0 heterocycles. The van der Waals surface area contributed by atoms with Crippen molar-refractivity contribution in [2.24, 2.45) is 5.73 Å². The van der Waals surface area contributed by atoms with Crippen molar-refractivity contribution in [1.29, 1.82) is 0 Å². The molecule has 4 heteroatoms. The van der Waals surface area contributed by atoms with E-state index in [1.165, 1.54) is 51.4 Å². The summed E-state index contributed by atoms with van der Waals surface area (Å²) in [5.41, 5.74) is 5.73. The minimum absolute atomic E-state index is 0.213. The molecule has 1 rings (SSSR count). The van der Waals surface area contributed by atoms with Gasteiger partial charge in [0.15, 0.2) is 0 Å². The van der Waals surface area contributed by atoms with Crippen LogP contribution in [-0.2, 0) is 4.74 Å². The molecule has 0 aliphatic heterocycles. The van der Waals surface area contributed by atoms with Crippen LogP contribution in [0.4, 0.5) is 0 Å². The summed E-state index contributed by atoms with van der Waals surface area (Å²) in [5.74, 6) is -1.08. The first-order valence-electron chi connectivity index (χ1n) is 9.22. The third-order valence-electron chi connectivity index (χ3n) is 4.14. The molecule has 0 radical (unpaired) electrons. The quantitative estimate of drug-likeness (QED) is 0.414. The lowest BCUT2D eigenvalue weighted by Gasteiger charge is -2.07. The average Bonchev–Trinajstić information content (AvgIpc) is 2.59. The number of hydrogen-bond donors (Lipinski definition) is 1. The molecule has 1 amide bonds. The maximum absolute atomic E-state index is 12.0. The second-order valence-corrected chi connectivity index (χ2v) is 6.23. The first kappa shape index (κ1) is 20.2. The molecule has 0 atom stereocenters. The van der Waals surface area contributed by atoms with E-state index in [9.17, 15) is 9.59 Å². The molecule has 0 saturated heterocycles. The Kier molecular flexibility index (Phi) is 10.6. The summed E-state index contributed by atoms with van der Waals surface area (Å²) >= 11 is 0. The van der Waals surface area contributed by atoms with Gasteiger partial charge in [-0.25, -0.2) is 4.79 Å². The molecule has 4 nitrogen and oxygen atoms in total. The van der Waals surface area contributed by atoms with Crippen LogP contribution in [0.5, 0.6) is 0 Å². The smallest absolute Gasteiger partial charge is 0.338 e. The van der Waals surface area contributed by atoms with Gasteiger partial charge in [-0.05, 0) is 18.6 Å². The highest BCUT2D eigenvalue weighted by Crippen LogP contribution is 2.12. The number of esters is 1. The van der Waals surface area contributed by atoms with E-state index in [2.05, 4.69) is 6.92 Å². The van der Waals surface area contributed by atoms with Gasteiger partial charge in [0.25, 0.3) is 0 Å². The lowest BCUT2D eigenvalue weighted by Crippen LogP contribution is -2.17. The summed E-state index contributed by atoms with van der Waals surface area (Å²) in [6, 6.07) is 6.49. The zero-order valence-corrected chi connectivity index (χ0v) is 14.9. The maximum Gasteiger partial charge on any atom is 0.338 e. The van der Waals surface area contributed by atoms with E-state index < -0.39 is 11.9 Å². The highest BCUT2D eigenvalue weighted by Gasteiger charge is 2.15. The van der Waals surface area contributed by atoms with Crippen molar-refractivity contribution in [2.75, 3.05) is 6.61 Å². The van der Waals surface area contributed by atoms with Crippen LogP contribution >= 0.6 is 0 Å². The molecule has 2 N–H and O–H groups in total. The van der Waals surface area contributed by atoms with Crippen molar-refractivity contribution in [3.8, 4) is 0 Å². The number of hydrogen-bond acceptors (Lipinski definition) is 3. The van der Waals surface area contributed by atoms with Gasteiger partial charge in [-0.15, -0.1) is 0 Å². The van der Waals surface area contributed by atoms with Gasteiger partial charge in [-0.1, -0.05) is 76.8 Å². The average molecular weight is 333 g/mol. The summed E-state index contributed by atoms with van der Waals surface area (Å²) < 4.78 is 5.24. The Morgan fingerprint density at radius 1 is 0.833 bits per heavy atom. The van der Waals surface area contributed by atoms with Crippen molar-refractivity contribution in [3.63, 3.8) is 0 Å². The predicted molar refractivity (Wildman–Crippen MR) is 97.1 cm³/mol. The molecule has 1 aromatic rings. The zero-order valence-electron chi connectivity index (χ0n) is 14.9. The Morgan fingerprint density at radius 2 is 1.33 bits per heavy atom. The first-order chi connectivity index (χ1) is 11.7. The van der Waals surface area contributed by atoms with Gasteiger partial charge in [0.05, 0.1) is 17.7 Å². The highest BCUT2D eigenvalue weighted by molar-refractivity contribution is 6.04. The monoisotopic (exact) mass is 333 g/mol. The van der Waals surface area contributed by atoms with Gasteiger partial charge in [0, 0.05) is 0 Å². The predicted octanol–water partition coefficient (Wildman–Crippen LogP) is 4.86. The number of amides is 1. The number of carbonyl (C=O) groups excluding carboxylic acids is 2. The number of benzene rings is 1. The molecule has 0 spiro atoms. The summed E-state index contributed by atoms with van der Waals surface area (Å²) in [4.78, 5) is 23.3. The number of unbranched alkanes of at least 4 members (excludes halogenated alkanes) is 9. The Hall–Kier alpha value is -1.84. The van der Waals surface area contributed by atoms with Crippen LogP contribution in [0.2, 0.25) is 0 Å². The summed E-state index contributed by atoms with van der Waals surface area (Å²) in [6.07, 6.45) is 12.4. The normalized spacial score (nSPS) is 10.5. The molecule has 134 valence electrons. The van der Waals surface area contributed by atoms with Crippen LogP contribution in [-0.4, -0.2) is 18.5 Å². The first-order valence-corrected chi connectivity index (χ1v) is 9.22. The van der Waals surface area contributed by atoms with Gasteiger partial charge < -0.3 is 10.5 Å². The van der Waals surface area contributed by atoms with Crippen molar-refractivity contribution in [3.05, 3.63) is 35.4 Å². The van der Waals surface area contributed by atoms with Crippen LogP contribution in [0.1, 0.15) is 91.8 Å². The molecular formula is C20H31NO3. The lowest BCUT2D eigenvalue weighted by molar-refractivity contribution is 0.0494. The fourth-order valence-corrected chi connectivity index (χ4v) is 2.71. The highest BCUT2D eigenvalue weighted by atomic mass is 16.5. The molecule has 0 fully saturated rings. The molecule has 0 unspecified atom stereocenters. The Labute approximate surface area is 145 Å². The van der Waals surface area contributed by atoms with E-state index in [-0.39, 0.29) is 11.1 Å². The minimum atomic E-state index is -0.610. The van der Waals surface area contributed by atoms with Crippen LogP contribution in [0.15, 0.2) is 24.3 Å². The summed E-state index contributed by atoms with van der Waals surface area (Å²) in [7, 11) is 0. The third-order valence-corrected chi connectivity index (χ3v) is 4.14. The van der Waals surface area contributed by atoms with Crippen LogP contribution < -0.4 is 5.73 Å². The van der Waals surface area contributed by atoms with Crippen molar-refractivity contribution in [1.82, 2.24) is 0 Å². The molecule has 24 heavy (non-hydrogen) atoms. The van der Waals surface area contributed by atoms with E-state index in [1.54, 1.807) is 24.3 Å². The largest absolute Gasteiger partial charge is 0.462 e. The standard InChI is InChI=1S/C20H31NO3/c1-2-3-4-5-6-7-8-9-10-13-16-24-20(23)18-15-12-11-14-17(18)19(21)22/h11-12,14-15H,2-10,13,16H2,1H3,(H2,21,22). The molecule has 0 bridgehead atoms. The molecule has 0 aromatic heterocycles. The van der Waals surface area contributed by atoms with Gasteiger partial charge in [-0.2, -0.15) is 0 Å². The number of carbonyl (C=O) groups is 2. The lowest BCUT2D eigenvalue weighted by atomic mass is 10.1. The SMILES string of the molecule is CCCCCCCCCCCCOC(=O)c1ccccc1C(N)=O. The summed E-state index contributed by atoms with van der Waals surface area (Å²) in [6.45, 7) is 2.63. The molecule has 0 aliphatic rings. The van der Waals surface area contributed by atoms with E-state index in [4.69, 9.17) is 10.5 Å². The van der Waals surface area contributed by atoms with Gasteiger partial charge >= 0.3 is 5.97 Å². The summed E-state index contributed by atoms with van der Waals surface area (Å²) in [5, 5.41) is 0. The van der Waals surface area contributed by atoms with Gasteiger partial charge in [-0.3, -0.25) is 4.79 Å². The Bertz CT molecular complexity index is 499. The van der Waals surface area contributed by atoms with Gasteiger partial charge in [0.2, 0.25) is 5.91 Å². The zero-order chi connectivity index (χ0) is 17.6. The Balaban J connectivity index is 2.09. The fourth-order valence-electron chi connectivity index (χ4n) is 2.71. The second kappa shape index (κ2) is 12.6. The van der Waals surface area contributed by atoms with Gasteiger partial charge in [0.1, 0.15) is 0 Å². The van der Waals surface area contributed by atoms with Crippen LogP contribution in [0.25, 0.3) is 0 Å². The van der Waals surface area contributed by atoms with E-state index >= 15 is 0 Å². The third kappa shape index (κ3) is 8.14. The maximum atomic E-state index is 12.0. The van der Waals surface area contributed by atoms with E-state index in [0.29, 0.717) is 6.61 Å². The van der Waals surface area contributed by atoms with E-state index in [0.717, 1.165) is 12.8 Å². The van der Waals surface area contributed by atoms with Crippen LogP contribution in [0, 0.1) is 0 Å². The Morgan fingerprint density at radius 3 is 1.88 bits per heavy atom. The molecular weight excluding hydrogens is 302 g/mol. The number of nitrogens with two attached hydrogens (primary N) is 1. The minimum Gasteiger partial charge on any atom is -0.462 e. The molecule has 0 saturated carbocycles. The van der Waals surface area contributed by atoms with Crippen molar-refractivity contribution < 1.29 is 14.3 Å². The molecule has 1 aromatic carbocycles. The van der Waals surface area contributed by atoms with Crippen molar-refractivity contribution >= 4 is 11.9 Å². The van der Waals surface area contributed by atoms with E-state index in [1.807, 2.05) is 0 Å². The second-order valence-electron chi connectivity index (χ2n) is 6.23. The number of primary amides is 1. The molecule has 0 aliphatic carbocycles. The number of rotatable bonds is 13. The fraction of sp³-hybridized carbons (Fsp3) is 0.600. The van der Waals surface area contributed by atoms with Crippen LogP contribution in [0.3, 0.4) is 0 Å². The number of ether oxygens (including phenoxy) is 1. The topological polar surface area (TPSA) is 69.4 Å². The van der Waals surface area contributed by atoms with Crippen molar-refractivity contribution in [2.45, 2.75) is 71.1 Å².